The molecule has 0 atom stereocenters. The maximum atomic E-state index is 11.7. The van der Waals surface area contributed by atoms with Gasteiger partial charge in [-0.15, -0.1) is 0 Å². The molecule has 2 aromatic carbocycles. The Balaban J connectivity index is 1.75. The first kappa shape index (κ1) is 24.4. The third-order valence-corrected chi connectivity index (χ3v) is 6.26. The van der Waals surface area contributed by atoms with Gasteiger partial charge in [-0.25, -0.2) is 9.78 Å². The Bertz CT molecular complexity index is 1640. The van der Waals surface area contributed by atoms with Crippen molar-refractivity contribution in [1.29, 1.82) is 0 Å². The smallest absolute Gasteiger partial charge is 0.323 e. The lowest BCUT2D eigenvalue weighted by molar-refractivity contribution is 0.421. The molecule has 0 unspecified atom stereocenters. The number of aromatic amines is 2. The van der Waals surface area contributed by atoms with Crippen LogP contribution >= 0.6 is 23.2 Å². The third kappa shape index (κ3) is 5.19. The minimum Gasteiger partial charge on any atom is -0.370 e. The van der Waals surface area contributed by atoms with Gasteiger partial charge in [0.1, 0.15) is 6.33 Å². The summed E-state index contributed by atoms with van der Waals surface area (Å²) in [6, 6.07) is 11.2. The van der Waals surface area contributed by atoms with Crippen molar-refractivity contribution in [2.24, 2.45) is 0 Å². The molecule has 2 N–H and O–H groups in total. The number of halogens is 2. The fraction of sp³-hybridized carbons (Fsp3) is 0.111. The van der Waals surface area contributed by atoms with Crippen LogP contribution in [-0.2, 0) is 6.54 Å². The molecule has 0 saturated carbocycles. The van der Waals surface area contributed by atoms with Crippen molar-refractivity contribution in [2.75, 3.05) is 7.05 Å². The Morgan fingerprint density at radius 3 is 2.66 bits per heavy atom. The second kappa shape index (κ2) is 10.3. The Labute approximate surface area is 212 Å². The van der Waals surface area contributed by atoms with Gasteiger partial charge in [0.2, 0.25) is 0 Å². The van der Waals surface area contributed by atoms with Crippen LogP contribution < -0.4 is 16.4 Å². The normalized spacial score (nSPS) is 13.0. The number of hydrogen-bond donors (Lipinski definition) is 2. The van der Waals surface area contributed by atoms with Crippen LogP contribution in [0.15, 0.2) is 83.6 Å². The van der Waals surface area contributed by atoms with Crippen molar-refractivity contribution in [2.45, 2.75) is 13.5 Å². The fourth-order valence-electron chi connectivity index (χ4n) is 3.92. The SMILES string of the molecule is C=C/C=C(C(=C/C)/C=c1\c(=C)ncn1-c1ccc2[nH]c(=O)[nH]c2c1)\N(C)Cc1ccc(Cl)cc1Cl. The molecule has 2 heterocycles. The van der Waals surface area contributed by atoms with Gasteiger partial charge in [0.05, 0.1) is 21.7 Å². The van der Waals surface area contributed by atoms with Gasteiger partial charge < -0.3 is 14.9 Å². The number of hydrogen-bond acceptors (Lipinski definition) is 3. The number of nitrogens with zero attached hydrogens (tertiary/aromatic N) is 3. The van der Waals surface area contributed by atoms with Gasteiger partial charge in [0, 0.05) is 35.0 Å². The largest absolute Gasteiger partial charge is 0.370 e. The maximum absolute atomic E-state index is 11.7. The highest BCUT2D eigenvalue weighted by Gasteiger charge is 2.12. The maximum Gasteiger partial charge on any atom is 0.323 e. The summed E-state index contributed by atoms with van der Waals surface area (Å²) >= 11 is 12.5. The molecule has 8 heteroatoms. The van der Waals surface area contributed by atoms with Gasteiger partial charge in [-0.3, -0.25) is 4.57 Å². The second-order valence-electron chi connectivity index (χ2n) is 8.02. The lowest BCUT2D eigenvalue weighted by atomic mass is 10.1. The Morgan fingerprint density at radius 2 is 1.94 bits per heavy atom. The number of H-pyrrole nitrogens is 2. The van der Waals surface area contributed by atoms with Crippen molar-refractivity contribution in [3.8, 4) is 5.69 Å². The van der Waals surface area contributed by atoms with E-state index in [0.717, 1.165) is 38.9 Å². The van der Waals surface area contributed by atoms with E-state index < -0.39 is 0 Å². The molecule has 0 saturated heterocycles. The van der Waals surface area contributed by atoms with E-state index in [4.69, 9.17) is 23.2 Å². The predicted octanol–water partition coefficient (Wildman–Crippen LogP) is 4.69. The van der Waals surface area contributed by atoms with Crippen molar-refractivity contribution in [1.82, 2.24) is 24.4 Å². The van der Waals surface area contributed by atoms with E-state index in [1.54, 1.807) is 18.5 Å². The van der Waals surface area contributed by atoms with Crippen molar-refractivity contribution in [3.05, 3.63) is 116 Å². The first-order chi connectivity index (χ1) is 16.8. The first-order valence-electron chi connectivity index (χ1n) is 10.9. The fourth-order valence-corrected chi connectivity index (χ4v) is 4.39. The minimum absolute atomic E-state index is 0.244. The van der Waals surface area contributed by atoms with Crippen LogP contribution in [0.2, 0.25) is 10.0 Å². The molecule has 35 heavy (non-hydrogen) atoms. The van der Waals surface area contributed by atoms with Gasteiger partial charge in [0.15, 0.2) is 0 Å². The number of likely N-dealkylation sites (N-methyl/N-ethyl adjacent to an activating group) is 1. The number of allylic oxidation sites excluding steroid dienone is 4. The highest BCUT2D eigenvalue weighted by atomic mass is 35.5. The van der Waals surface area contributed by atoms with Crippen LogP contribution in [0.5, 0.6) is 0 Å². The van der Waals surface area contributed by atoms with Crippen LogP contribution in [0.1, 0.15) is 12.5 Å². The molecular weight excluding hydrogens is 481 g/mol. The molecule has 0 bridgehead atoms. The summed E-state index contributed by atoms with van der Waals surface area (Å²) in [7, 11) is 2.00. The summed E-state index contributed by atoms with van der Waals surface area (Å²) in [4.78, 5) is 23.8. The van der Waals surface area contributed by atoms with Crippen LogP contribution in [0.4, 0.5) is 0 Å². The Hall–Kier alpha value is -3.74. The molecular formula is C27H25Cl2N5O. The number of imidazole rings is 2. The second-order valence-corrected chi connectivity index (χ2v) is 8.87. The summed E-state index contributed by atoms with van der Waals surface area (Å²) in [5.74, 6) is 0. The van der Waals surface area contributed by atoms with Crippen LogP contribution in [0.25, 0.3) is 29.4 Å². The molecule has 4 rings (SSSR count). The molecule has 2 aromatic heterocycles. The zero-order valence-corrected chi connectivity index (χ0v) is 21.0. The van der Waals surface area contributed by atoms with E-state index in [9.17, 15) is 4.79 Å². The van der Waals surface area contributed by atoms with Crippen molar-refractivity contribution >= 4 is 46.9 Å². The van der Waals surface area contributed by atoms with E-state index in [2.05, 4.69) is 33.0 Å². The van der Waals surface area contributed by atoms with Gasteiger partial charge in [-0.1, -0.05) is 54.6 Å². The van der Waals surface area contributed by atoms with Crippen LogP contribution in [-0.4, -0.2) is 31.5 Å². The van der Waals surface area contributed by atoms with E-state index in [0.29, 0.717) is 21.9 Å². The standard InChI is InChI=1S/C27H25Cl2N5O/c1-5-7-25(33(4)15-19-8-9-20(28)13-22(19)29)18(6-2)12-26-17(3)30-16-34(26)21-10-11-23-24(14-21)32-27(35)31-23/h5-14,16H,1,3,15H2,2,4H3,(H2,31,32,35)/b18-6+,25-7-,26-12+. The number of rotatable bonds is 7. The van der Waals surface area contributed by atoms with E-state index >= 15 is 0 Å². The highest BCUT2D eigenvalue weighted by molar-refractivity contribution is 6.35. The number of nitrogens with one attached hydrogen (secondary N) is 2. The average molecular weight is 506 g/mol. The molecule has 178 valence electrons. The van der Waals surface area contributed by atoms with Gasteiger partial charge in [-0.05, 0) is 60.5 Å². The summed E-state index contributed by atoms with van der Waals surface area (Å²) in [6.07, 6.45) is 9.50. The molecule has 4 aromatic rings. The topological polar surface area (TPSA) is 69.7 Å². The molecule has 0 spiro atoms. The third-order valence-electron chi connectivity index (χ3n) is 5.67. The summed E-state index contributed by atoms with van der Waals surface area (Å²) in [6.45, 7) is 10.6. The molecule has 0 aliphatic heterocycles. The molecule has 0 amide bonds. The van der Waals surface area contributed by atoms with Crippen LogP contribution in [0, 0.1) is 0 Å². The highest BCUT2D eigenvalue weighted by Crippen LogP contribution is 2.25. The minimum atomic E-state index is -0.244. The number of benzene rings is 2. The van der Waals surface area contributed by atoms with Gasteiger partial charge in [-0.2, -0.15) is 0 Å². The van der Waals surface area contributed by atoms with Gasteiger partial charge >= 0.3 is 5.69 Å². The molecule has 0 aliphatic rings. The van der Waals surface area contributed by atoms with Gasteiger partial charge in [0.25, 0.3) is 0 Å². The zero-order valence-electron chi connectivity index (χ0n) is 19.5. The zero-order chi connectivity index (χ0) is 25.1. The lowest BCUT2D eigenvalue weighted by Crippen LogP contribution is -2.29. The predicted molar refractivity (Wildman–Crippen MR) is 145 cm³/mol. The first-order valence-corrected chi connectivity index (χ1v) is 11.7. The van der Waals surface area contributed by atoms with Crippen molar-refractivity contribution in [3.63, 3.8) is 0 Å². The van der Waals surface area contributed by atoms with Crippen molar-refractivity contribution < 1.29 is 0 Å². The summed E-state index contributed by atoms with van der Waals surface area (Å²) in [5, 5.41) is 2.67. The summed E-state index contributed by atoms with van der Waals surface area (Å²) in [5.41, 5.74) is 4.94. The molecule has 0 aliphatic carbocycles. The Kier molecular flexibility index (Phi) is 7.15. The monoisotopic (exact) mass is 505 g/mol. The molecule has 0 radical (unpaired) electrons. The average Bonchev–Trinajstić information content (AvgIpc) is 3.38. The quantitative estimate of drug-likeness (QED) is 0.358. The number of fused-ring (bicyclic) bond motifs is 1. The summed E-state index contributed by atoms with van der Waals surface area (Å²) < 4.78 is 1.94. The Morgan fingerprint density at radius 1 is 1.17 bits per heavy atom. The van der Waals surface area contributed by atoms with E-state index in [1.807, 2.05) is 67.1 Å². The van der Waals surface area contributed by atoms with E-state index in [1.165, 1.54) is 0 Å². The molecule has 6 nitrogen and oxygen atoms in total. The molecule has 0 fully saturated rings. The van der Waals surface area contributed by atoms with Crippen LogP contribution in [0.3, 0.4) is 0 Å². The van der Waals surface area contributed by atoms with E-state index in [-0.39, 0.29) is 5.69 Å². The lowest BCUT2D eigenvalue weighted by Gasteiger charge is -2.24. The number of aromatic nitrogens is 4.